The Bertz CT molecular complexity index is 248. The topological polar surface area (TPSA) is 35.6 Å². The molecule has 0 unspecified atom stereocenters. The van der Waals surface area contributed by atoms with Crippen LogP contribution in [-0.2, 0) is 0 Å². The van der Waals surface area contributed by atoms with Crippen LogP contribution in [0.2, 0.25) is 0 Å². The van der Waals surface area contributed by atoms with Gasteiger partial charge in [-0.2, -0.15) is 0 Å². The highest BCUT2D eigenvalue weighted by molar-refractivity contribution is 5.74. The van der Waals surface area contributed by atoms with Gasteiger partial charge in [0.1, 0.15) is 0 Å². The van der Waals surface area contributed by atoms with E-state index in [0.29, 0.717) is 6.04 Å². The van der Waals surface area contributed by atoms with E-state index in [0.717, 1.165) is 38.4 Å². The van der Waals surface area contributed by atoms with Crippen LogP contribution in [0, 0.1) is 5.92 Å². The minimum Gasteiger partial charge on any atom is -0.341 e. The van der Waals surface area contributed by atoms with Crippen LogP contribution >= 0.6 is 0 Å². The average molecular weight is 285 g/mol. The molecule has 0 saturated carbocycles. The van der Waals surface area contributed by atoms with Gasteiger partial charge in [0.25, 0.3) is 0 Å². The van der Waals surface area contributed by atoms with Crippen molar-refractivity contribution in [2.75, 3.05) is 33.2 Å². The summed E-state index contributed by atoms with van der Waals surface area (Å²) in [6.07, 6.45) is 3.50. The summed E-state index contributed by atoms with van der Waals surface area (Å²) in [5.74, 6) is 0.778. The second kappa shape index (κ2) is 11.0. The number of hydrogen-bond acceptors (Lipinski definition) is 2. The summed E-state index contributed by atoms with van der Waals surface area (Å²) >= 11 is 0. The highest BCUT2D eigenvalue weighted by Crippen LogP contribution is 2.17. The molecule has 2 amide bonds. The van der Waals surface area contributed by atoms with Crippen LogP contribution in [0.5, 0.6) is 0 Å². The van der Waals surface area contributed by atoms with Gasteiger partial charge in [0.2, 0.25) is 0 Å². The van der Waals surface area contributed by atoms with E-state index >= 15 is 0 Å². The van der Waals surface area contributed by atoms with Crippen molar-refractivity contribution < 1.29 is 4.79 Å². The molecule has 0 aromatic rings. The fourth-order valence-corrected chi connectivity index (χ4v) is 2.61. The Morgan fingerprint density at radius 2 is 1.85 bits per heavy atom. The lowest BCUT2D eigenvalue weighted by Gasteiger charge is -2.38. The Morgan fingerprint density at radius 3 is 2.25 bits per heavy atom. The van der Waals surface area contributed by atoms with Crippen molar-refractivity contribution in [2.24, 2.45) is 5.92 Å². The van der Waals surface area contributed by atoms with Gasteiger partial charge in [-0.05, 0) is 38.6 Å². The molecule has 0 aromatic carbocycles. The van der Waals surface area contributed by atoms with Gasteiger partial charge in [-0.3, -0.25) is 0 Å². The van der Waals surface area contributed by atoms with Crippen molar-refractivity contribution in [2.45, 2.75) is 59.9 Å². The lowest BCUT2D eigenvalue weighted by molar-refractivity contribution is 0.122. The molecule has 1 N–H and O–H groups in total. The van der Waals surface area contributed by atoms with E-state index in [-0.39, 0.29) is 6.03 Å². The minimum absolute atomic E-state index is 0.0677. The van der Waals surface area contributed by atoms with Crippen LogP contribution in [0.3, 0.4) is 0 Å². The number of likely N-dealkylation sites (tertiary alicyclic amines) is 1. The molecule has 1 fully saturated rings. The predicted molar refractivity (Wildman–Crippen MR) is 87.1 cm³/mol. The summed E-state index contributed by atoms with van der Waals surface area (Å²) in [6.45, 7) is 14.9. The van der Waals surface area contributed by atoms with Crippen LogP contribution in [0.15, 0.2) is 0 Å². The molecule has 20 heavy (non-hydrogen) atoms. The lowest BCUT2D eigenvalue weighted by Crippen LogP contribution is -2.50. The number of hydrogen-bond donors (Lipinski definition) is 1. The summed E-state index contributed by atoms with van der Waals surface area (Å²) in [5.41, 5.74) is 0. The van der Waals surface area contributed by atoms with Crippen molar-refractivity contribution in [3.05, 3.63) is 0 Å². The molecule has 4 heteroatoms. The molecule has 1 saturated heterocycles. The first-order chi connectivity index (χ1) is 9.58. The Morgan fingerprint density at radius 1 is 1.30 bits per heavy atom. The van der Waals surface area contributed by atoms with Crippen LogP contribution in [0.25, 0.3) is 0 Å². The Kier molecular flexibility index (Phi) is 10.5. The van der Waals surface area contributed by atoms with Gasteiger partial charge in [0, 0.05) is 32.7 Å². The van der Waals surface area contributed by atoms with Gasteiger partial charge in [-0.25, -0.2) is 4.79 Å². The van der Waals surface area contributed by atoms with E-state index in [1.807, 2.05) is 18.7 Å². The molecule has 1 aliphatic heterocycles. The van der Waals surface area contributed by atoms with Crippen molar-refractivity contribution in [3.63, 3.8) is 0 Å². The number of carbonyl (C=O) groups excluding carboxylic acids is 1. The van der Waals surface area contributed by atoms with Gasteiger partial charge < -0.3 is 15.1 Å². The Hall–Kier alpha value is -0.770. The zero-order valence-electron chi connectivity index (χ0n) is 14.4. The van der Waals surface area contributed by atoms with E-state index in [9.17, 15) is 4.79 Å². The molecule has 0 atom stereocenters. The third-order valence-corrected chi connectivity index (χ3v) is 3.84. The first kappa shape index (κ1) is 19.2. The molecule has 0 aromatic heterocycles. The number of amides is 2. The summed E-state index contributed by atoms with van der Waals surface area (Å²) < 4.78 is 0. The van der Waals surface area contributed by atoms with Crippen molar-refractivity contribution in [1.82, 2.24) is 15.1 Å². The SMILES string of the molecule is CC.CCN(C(=O)NC)C1CCN(CCC(C)C)CC1. The zero-order chi connectivity index (χ0) is 15.5. The smallest absolute Gasteiger partial charge is 0.317 e. The normalized spacial score (nSPS) is 16.6. The number of carbonyl (C=O) groups is 1. The van der Waals surface area contributed by atoms with E-state index in [1.165, 1.54) is 13.0 Å². The molecule has 1 rings (SSSR count). The number of rotatable bonds is 5. The molecule has 0 spiro atoms. The Labute approximate surface area is 125 Å². The third-order valence-electron chi connectivity index (χ3n) is 3.84. The molecule has 0 bridgehead atoms. The fraction of sp³-hybridized carbons (Fsp3) is 0.938. The highest BCUT2D eigenvalue weighted by Gasteiger charge is 2.26. The van der Waals surface area contributed by atoms with Crippen LogP contribution in [0.4, 0.5) is 4.79 Å². The number of nitrogens with zero attached hydrogens (tertiary/aromatic N) is 2. The standard InChI is InChI=1S/C14H29N3O.C2H6/c1-5-17(14(18)15-4)13-7-10-16(11-8-13)9-6-12(2)3;1-2/h12-13H,5-11H2,1-4H3,(H,15,18);1-2H3. The van der Waals surface area contributed by atoms with Crippen molar-refractivity contribution >= 4 is 6.03 Å². The maximum Gasteiger partial charge on any atom is 0.317 e. The number of urea groups is 1. The predicted octanol–water partition coefficient (Wildman–Crippen LogP) is 3.18. The van der Waals surface area contributed by atoms with E-state index in [4.69, 9.17) is 0 Å². The zero-order valence-corrected chi connectivity index (χ0v) is 14.4. The van der Waals surface area contributed by atoms with Crippen LogP contribution < -0.4 is 5.32 Å². The first-order valence-corrected chi connectivity index (χ1v) is 8.29. The average Bonchev–Trinajstić information content (AvgIpc) is 2.49. The molecule has 0 radical (unpaired) electrons. The highest BCUT2D eigenvalue weighted by atomic mass is 16.2. The summed E-state index contributed by atoms with van der Waals surface area (Å²) in [4.78, 5) is 16.2. The Balaban J connectivity index is 0.00000172. The molecule has 1 aliphatic rings. The van der Waals surface area contributed by atoms with Crippen LogP contribution in [-0.4, -0.2) is 55.1 Å². The first-order valence-electron chi connectivity index (χ1n) is 8.29. The van der Waals surface area contributed by atoms with Gasteiger partial charge in [0.05, 0.1) is 0 Å². The molecule has 4 nitrogen and oxygen atoms in total. The van der Waals surface area contributed by atoms with E-state index < -0.39 is 0 Å². The van der Waals surface area contributed by atoms with Crippen LogP contribution in [0.1, 0.15) is 53.9 Å². The number of nitrogens with one attached hydrogen (secondary N) is 1. The quantitative estimate of drug-likeness (QED) is 0.842. The van der Waals surface area contributed by atoms with Gasteiger partial charge >= 0.3 is 6.03 Å². The number of piperidine rings is 1. The molecule has 0 aliphatic carbocycles. The third kappa shape index (κ3) is 6.60. The van der Waals surface area contributed by atoms with E-state index in [2.05, 4.69) is 31.0 Å². The summed E-state index contributed by atoms with van der Waals surface area (Å²) in [6, 6.07) is 0.489. The second-order valence-electron chi connectivity index (χ2n) is 5.60. The molecule has 120 valence electrons. The monoisotopic (exact) mass is 285 g/mol. The molecular weight excluding hydrogens is 250 g/mol. The van der Waals surface area contributed by atoms with Crippen molar-refractivity contribution in [3.8, 4) is 0 Å². The van der Waals surface area contributed by atoms with Gasteiger partial charge in [-0.15, -0.1) is 0 Å². The van der Waals surface area contributed by atoms with Crippen molar-refractivity contribution in [1.29, 1.82) is 0 Å². The molecule has 1 heterocycles. The fourth-order valence-electron chi connectivity index (χ4n) is 2.61. The lowest BCUT2D eigenvalue weighted by atomic mass is 10.0. The largest absolute Gasteiger partial charge is 0.341 e. The second-order valence-corrected chi connectivity index (χ2v) is 5.60. The minimum atomic E-state index is 0.0677. The molecular formula is C16H35N3O. The van der Waals surface area contributed by atoms with E-state index in [1.54, 1.807) is 7.05 Å². The van der Waals surface area contributed by atoms with Gasteiger partial charge in [-0.1, -0.05) is 27.7 Å². The summed E-state index contributed by atoms with van der Waals surface area (Å²) in [7, 11) is 1.71. The van der Waals surface area contributed by atoms with Gasteiger partial charge in [0.15, 0.2) is 0 Å². The summed E-state index contributed by atoms with van der Waals surface area (Å²) in [5, 5.41) is 2.74. The maximum absolute atomic E-state index is 11.7. The maximum atomic E-state index is 11.7.